The van der Waals surface area contributed by atoms with Gasteiger partial charge in [0.1, 0.15) is 15.6 Å². The molecule has 2 aliphatic rings. The molecule has 1 spiro atoms. The lowest BCUT2D eigenvalue weighted by Gasteiger charge is -2.34. The molecule has 1 unspecified atom stereocenters. The highest BCUT2D eigenvalue weighted by atomic mass is 79.9. The van der Waals surface area contributed by atoms with E-state index in [1.807, 2.05) is 6.07 Å². The lowest BCUT2D eigenvalue weighted by molar-refractivity contribution is 0.0498. The first kappa shape index (κ1) is 16.3. The number of nitrogens with zero attached hydrogens (tertiary/aromatic N) is 1. The average molecular weight is 428 g/mol. The number of halogens is 1. The molecule has 1 fully saturated rings. The van der Waals surface area contributed by atoms with Crippen molar-refractivity contribution in [3.8, 4) is 5.75 Å². The fraction of sp³-hybridized carbons (Fsp3) is 0.312. The van der Waals surface area contributed by atoms with Crippen LogP contribution in [0.1, 0.15) is 23.2 Å². The number of carbonyl (C=O) groups is 1. The molecule has 0 N–H and O–H groups in total. The lowest BCUT2D eigenvalue weighted by atomic mass is 9.89. The Bertz CT molecular complexity index is 924. The Labute approximate surface area is 152 Å². The van der Waals surface area contributed by atoms with Crippen LogP contribution in [0.5, 0.6) is 5.75 Å². The number of hydrogen-bond acceptors (Lipinski definition) is 5. The van der Waals surface area contributed by atoms with Crippen LogP contribution in [-0.4, -0.2) is 37.2 Å². The zero-order chi connectivity index (χ0) is 16.9. The van der Waals surface area contributed by atoms with Crippen LogP contribution < -0.4 is 4.74 Å². The smallest absolute Gasteiger partial charge is 0.252 e. The molecule has 3 heterocycles. The first-order chi connectivity index (χ1) is 11.4. The van der Waals surface area contributed by atoms with Gasteiger partial charge < -0.3 is 4.74 Å². The van der Waals surface area contributed by atoms with Crippen molar-refractivity contribution in [1.29, 1.82) is 0 Å². The van der Waals surface area contributed by atoms with E-state index >= 15 is 0 Å². The molecule has 2 aromatic rings. The summed E-state index contributed by atoms with van der Waals surface area (Å²) in [6, 6.07) is 10.5. The monoisotopic (exact) mass is 427 g/mol. The van der Waals surface area contributed by atoms with E-state index in [9.17, 15) is 13.2 Å². The van der Waals surface area contributed by atoms with Gasteiger partial charge in [0.05, 0.1) is 22.3 Å². The Morgan fingerprint density at radius 2 is 2.00 bits per heavy atom. The van der Waals surface area contributed by atoms with Crippen LogP contribution >= 0.6 is 27.3 Å². The van der Waals surface area contributed by atoms with Gasteiger partial charge in [0.25, 0.3) is 10.0 Å². The van der Waals surface area contributed by atoms with Crippen molar-refractivity contribution in [3.05, 3.63) is 45.7 Å². The molecule has 0 saturated carbocycles. The summed E-state index contributed by atoms with van der Waals surface area (Å²) in [6.45, 7) is 0.554. The molecule has 0 aliphatic carbocycles. The number of benzene rings is 1. The van der Waals surface area contributed by atoms with Crippen molar-refractivity contribution < 1.29 is 17.9 Å². The highest BCUT2D eigenvalue weighted by Crippen LogP contribution is 2.40. The molecule has 2 aliphatic heterocycles. The third kappa shape index (κ3) is 2.61. The van der Waals surface area contributed by atoms with Crippen molar-refractivity contribution in [2.75, 3.05) is 13.1 Å². The Morgan fingerprint density at radius 3 is 2.75 bits per heavy atom. The molecular formula is C16H14BrNO4S2. The molecule has 5 nitrogen and oxygen atoms in total. The highest BCUT2D eigenvalue weighted by Gasteiger charge is 2.49. The summed E-state index contributed by atoms with van der Waals surface area (Å²) in [4.78, 5) is 12.4. The SMILES string of the molecule is O=C1CC2(CCN(S(=O)(=O)c3ccc(Br)s3)C2)Oc2ccccc21. The maximum Gasteiger partial charge on any atom is 0.252 e. The Kier molecular flexibility index (Phi) is 3.83. The summed E-state index contributed by atoms with van der Waals surface area (Å²) in [5.41, 5.74) is -0.181. The highest BCUT2D eigenvalue weighted by molar-refractivity contribution is 9.11. The summed E-state index contributed by atoms with van der Waals surface area (Å²) >= 11 is 4.48. The summed E-state index contributed by atoms with van der Waals surface area (Å²) in [6.07, 6.45) is 0.725. The van der Waals surface area contributed by atoms with Crippen LogP contribution in [0, 0.1) is 0 Å². The van der Waals surface area contributed by atoms with E-state index in [4.69, 9.17) is 4.74 Å². The molecule has 1 saturated heterocycles. The Morgan fingerprint density at radius 1 is 1.21 bits per heavy atom. The predicted molar refractivity (Wildman–Crippen MR) is 94.1 cm³/mol. The van der Waals surface area contributed by atoms with Crippen LogP contribution in [0.4, 0.5) is 0 Å². The zero-order valence-corrected chi connectivity index (χ0v) is 15.8. The number of fused-ring (bicyclic) bond motifs is 1. The molecule has 4 rings (SSSR count). The van der Waals surface area contributed by atoms with Gasteiger partial charge >= 0.3 is 0 Å². The number of ether oxygens (including phenoxy) is 1. The van der Waals surface area contributed by atoms with E-state index < -0.39 is 15.6 Å². The second-order valence-corrected chi connectivity index (χ2v) is 10.7. The predicted octanol–water partition coefficient (Wildman–Crippen LogP) is 3.31. The van der Waals surface area contributed by atoms with E-state index in [1.54, 1.807) is 30.3 Å². The van der Waals surface area contributed by atoms with Gasteiger partial charge in [0.2, 0.25) is 0 Å². The first-order valence-corrected chi connectivity index (χ1v) is 10.5. The van der Waals surface area contributed by atoms with Gasteiger partial charge in [-0.1, -0.05) is 12.1 Å². The largest absolute Gasteiger partial charge is 0.485 e. The normalized spacial score (nSPS) is 24.1. The molecule has 24 heavy (non-hydrogen) atoms. The van der Waals surface area contributed by atoms with Crippen LogP contribution in [0.25, 0.3) is 0 Å². The van der Waals surface area contributed by atoms with Gasteiger partial charge in [-0.25, -0.2) is 8.42 Å². The molecule has 1 aromatic heterocycles. The molecule has 0 bridgehead atoms. The van der Waals surface area contributed by atoms with Crippen molar-refractivity contribution in [3.63, 3.8) is 0 Å². The van der Waals surface area contributed by atoms with E-state index in [2.05, 4.69) is 15.9 Å². The van der Waals surface area contributed by atoms with E-state index in [0.29, 0.717) is 28.5 Å². The van der Waals surface area contributed by atoms with Crippen molar-refractivity contribution in [2.24, 2.45) is 0 Å². The van der Waals surface area contributed by atoms with Crippen LogP contribution in [0.15, 0.2) is 44.4 Å². The molecule has 0 amide bonds. The third-order valence-corrected chi connectivity index (χ3v) is 8.36. The second-order valence-electron chi connectivity index (χ2n) is 6.03. The van der Waals surface area contributed by atoms with Crippen molar-refractivity contribution >= 4 is 43.1 Å². The number of sulfonamides is 1. The van der Waals surface area contributed by atoms with Gasteiger partial charge in [0.15, 0.2) is 5.78 Å². The number of rotatable bonds is 2. The number of Topliss-reactive ketones (excluding diaryl/α,β-unsaturated/α-hetero) is 1. The summed E-state index contributed by atoms with van der Waals surface area (Å²) < 4.78 is 34.1. The van der Waals surface area contributed by atoms with E-state index in [-0.39, 0.29) is 18.7 Å². The number of ketones is 1. The lowest BCUT2D eigenvalue weighted by Crippen LogP contribution is -2.45. The standard InChI is InChI=1S/C16H14BrNO4S2/c17-14-5-6-15(23-14)24(20,21)18-8-7-16(10-18)9-12(19)11-3-1-2-4-13(11)22-16/h1-6H,7-10H2. The number of carbonyl (C=O) groups excluding carboxylic acids is 1. The van der Waals surface area contributed by atoms with Gasteiger partial charge in [-0.05, 0) is 40.2 Å². The summed E-state index contributed by atoms with van der Waals surface area (Å²) in [5.74, 6) is 0.557. The quantitative estimate of drug-likeness (QED) is 0.737. The van der Waals surface area contributed by atoms with Crippen LogP contribution in [-0.2, 0) is 10.0 Å². The fourth-order valence-electron chi connectivity index (χ4n) is 3.25. The van der Waals surface area contributed by atoms with E-state index in [1.165, 1.54) is 15.6 Å². The molecule has 1 aromatic carbocycles. The summed E-state index contributed by atoms with van der Waals surface area (Å²) in [5, 5.41) is 0. The topological polar surface area (TPSA) is 63.7 Å². The molecule has 8 heteroatoms. The van der Waals surface area contributed by atoms with Crippen LogP contribution in [0.3, 0.4) is 0 Å². The molecular weight excluding hydrogens is 414 g/mol. The number of thiophene rings is 1. The maximum atomic E-state index is 12.8. The minimum Gasteiger partial charge on any atom is -0.485 e. The van der Waals surface area contributed by atoms with Gasteiger partial charge in [-0.15, -0.1) is 11.3 Å². The fourth-order valence-corrected chi connectivity index (χ4v) is 6.93. The van der Waals surface area contributed by atoms with Gasteiger partial charge in [-0.3, -0.25) is 4.79 Å². The first-order valence-electron chi connectivity index (χ1n) is 7.46. The molecule has 0 radical (unpaired) electrons. The average Bonchev–Trinajstić information content (AvgIpc) is 3.15. The van der Waals surface area contributed by atoms with Crippen molar-refractivity contribution in [2.45, 2.75) is 22.7 Å². The third-order valence-electron chi connectivity index (χ3n) is 4.42. The second kappa shape index (κ2) is 5.66. The Hall–Kier alpha value is -1.22. The van der Waals surface area contributed by atoms with Gasteiger partial charge in [0, 0.05) is 13.0 Å². The summed E-state index contributed by atoms with van der Waals surface area (Å²) in [7, 11) is -3.56. The zero-order valence-electron chi connectivity index (χ0n) is 12.6. The molecule has 126 valence electrons. The maximum absolute atomic E-state index is 12.8. The molecule has 1 atom stereocenters. The van der Waals surface area contributed by atoms with Gasteiger partial charge in [-0.2, -0.15) is 4.31 Å². The number of hydrogen-bond donors (Lipinski definition) is 0. The van der Waals surface area contributed by atoms with Crippen molar-refractivity contribution in [1.82, 2.24) is 4.31 Å². The minimum atomic E-state index is -3.56. The Balaban J connectivity index is 1.62. The number of para-hydroxylation sites is 1. The minimum absolute atomic E-state index is 0.00923. The van der Waals surface area contributed by atoms with Crippen LogP contribution in [0.2, 0.25) is 0 Å². The van der Waals surface area contributed by atoms with E-state index in [0.717, 1.165) is 3.79 Å².